The Kier molecular flexibility index (Phi) is 4.86. The number of carbonyl (C=O) groups excluding carboxylic acids is 3. The van der Waals surface area contributed by atoms with E-state index in [1.165, 1.54) is 0 Å². The van der Waals surface area contributed by atoms with Crippen molar-refractivity contribution in [2.24, 2.45) is 7.05 Å². The van der Waals surface area contributed by atoms with E-state index in [-0.39, 0.29) is 19.1 Å². The van der Waals surface area contributed by atoms with Crippen LogP contribution in [0.1, 0.15) is 22.8 Å². The molecule has 1 fully saturated rings. The zero-order valence-corrected chi connectivity index (χ0v) is 19.8. The predicted molar refractivity (Wildman–Crippen MR) is 133 cm³/mol. The Balaban J connectivity index is 1.37. The number of hydrogen-bond acceptors (Lipinski definition) is 5. The molecule has 0 bridgehead atoms. The lowest BCUT2D eigenvalue weighted by Gasteiger charge is -2.22. The zero-order chi connectivity index (χ0) is 25.0. The van der Waals surface area contributed by atoms with Crippen molar-refractivity contribution in [2.75, 3.05) is 13.3 Å². The van der Waals surface area contributed by atoms with Crippen LogP contribution in [-0.4, -0.2) is 40.5 Å². The number of nitrogens with one attached hydrogen (secondary N) is 1. The molecule has 1 N–H and O–H groups in total. The Morgan fingerprint density at radius 1 is 0.972 bits per heavy atom. The van der Waals surface area contributed by atoms with Crippen molar-refractivity contribution in [3.63, 3.8) is 0 Å². The van der Waals surface area contributed by atoms with Crippen LogP contribution in [0.5, 0.6) is 11.5 Å². The molecule has 3 amide bonds. The number of nitrogens with zero attached hydrogens (tertiary/aromatic N) is 2. The van der Waals surface area contributed by atoms with Crippen LogP contribution in [0.4, 0.5) is 4.79 Å². The number of ether oxygens (including phenoxy) is 2. The molecule has 3 aromatic carbocycles. The number of para-hydroxylation sites is 1. The third-order valence-corrected chi connectivity index (χ3v) is 6.96. The number of aryl methyl sites for hydroxylation is 1. The summed E-state index contributed by atoms with van der Waals surface area (Å²) in [4.78, 5) is 41.3. The molecule has 4 aromatic rings. The highest BCUT2D eigenvalue weighted by atomic mass is 16.7. The number of ketones is 1. The molecule has 36 heavy (non-hydrogen) atoms. The fourth-order valence-electron chi connectivity index (χ4n) is 5.08. The van der Waals surface area contributed by atoms with E-state index < -0.39 is 17.5 Å². The molecule has 3 heterocycles. The number of imide groups is 1. The first-order valence-electron chi connectivity index (χ1n) is 11.6. The maximum atomic E-state index is 13.8. The van der Waals surface area contributed by atoms with Gasteiger partial charge in [-0.25, -0.2) is 4.79 Å². The van der Waals surface area contributed by atoms with E-state index in [0.29, 0.717) is 22.6 Å². The largest absolute Gasteiger partial charge is 0.454 e. The van der Waals surface area contributed by atoms with Crippen LogP contribution in [0.3, 0.4) is 0 Å². The number of hydrogen-bond donors (Lipinski definition) is 1. The molecule has 0 spiro atoms. The first-order valence-corrected chi connectivity index (χ1v) is 11.6. The molecule has 0 aliphatic carbocycles. The molecule has 2 aliphatic rings. The highest BCUT2D eigenvalue weighted by Crippen LogP contribution is 2.38. The van der Waals surface area contributed by atoms with Crippen molar-refractivity contribution in [2.45, 2.75) is 12.5 Å². The Morgan fingerprint density at radius 3 is 2.50 bits per heavy atom. The van der Waals surface area contributed by atoms with Gasteiger partial charge >= 0.3 is 6.03 Å². The molecule has 0 unspecified atom stereocenters. The number of aromatic nitrogens is 1. The summed E-state index contributed by atoms with van der Waals surface area (Å²) in [6, 6.07) is 21.7. The van der Waals surface area contributed by atoms with Crippen LogP contribution < -0.4 is 14.8 Å². The summed E-state index contributed by atoms with van der Waals surface area (Å²) in [5, 5.41) is 3.54. The molecule has 0 saturated carbocycles. The molecule has 8 heteroatoms. The number of urea groups is 1. The standard InChI is InChI=1S/C28H23N3O5/c1-28(18-12-13-22-23(14-18)36-16-35-22)26(33)31(27(34)29-28)15-21(32)24-19-10-6-7-11-20(19)30(2)25(24)17-8-4-3-5-9-17/h3-14H,15-16H2,1-2H3,(H,29,34)/t28-/m1/s1. The summed E-state index contributed by atoms with van der Waals surface area (Å²) in [5.41, 5.74) is 2.21. The van der Waals surface area contributed by atoms with Crippen molar-refractivity contribution in [3.05, 3.63) is 83.9 Å². The van der Waals surface area contributed by atoms with E-state index in [4.69, 9.17) is 9.47 Å². The summed E-state index contributed by atoms with van der Waals surface area (Å²) in [5.74, 6) is 0.273. The van der Waals surface area contributed by atoms with E-state index >= 15 is 0 Å². The smallest absolute Gasteiger partial charge is 0.325 e. The second-order valence-electron chi connectivity index (χ2n) is 9.10. The Bertz CT molecular complexity index is 1560. The molecule has 180 valence electrons. The normalized spacial score (nSPS) is 18.7. The van der Waals surface area contributed by atoms with Gasteiger partial charge < -0.3 is 19.4 Å². The summed E-state index contributed by atoms with van der Waals surface area (Å²) in [7, 11) is 1.91. The molecule has 0 radical (unpaired) electrons. The van der Waals surface area contributed by atoms with Crippen LogP contribution in [0, 0.1) is 0 Å². The first kappa shape index (κ1) is 21.9. The molecule has 2 aliphatic heterocycles. The average Bonchev–Trinajstić information content (AvgIpc) is 3.54. The Labute approximate surface area is 207 Å². The minimum atomic E-state index is -1.33. The van der Waals surface area contributed by atoms with Gasteiger partial charge in [-0.1, -0.05) is 54.6 Å². The van der Waals surface area contributed by atoms with Gasteiger partial charge in [0.15, 0.2) is 17.3 Å². The van der Waals surface area contributed by atoms with Crippen molar-refractivity contribution in [1.82, 2.24) is 14.8 Å². The molecule has 1 aromatic heterocycles. The van der Waals surface area contributed by atoms with Gasteiger partial charge in [0.1, 0.15) is 5.54 Å². The second-order valence-corrected chi connectivity index (χ2v) is 9.10. The lowest BCUT2D eigenvalue weighted by atomic mass is 9.91. The van der Waals surface area contributed by atoms with E-state index in [0.717, 1.165) is 27.1 Å². The Hall–Kier alpha value is -4.59. The van der Waals surface area contributed by atoms with Crippen LogP contribution in [0.15, 0.2) is 72.8 Å². The van der Waals surface area contributed by atoms with Crippen LogP contribution in [0.25, 0.3) is 22.2 Å². The average molecular weight is 482 g/mol. The first-order chi connectivity index (χ1) is 17.4. The zero-order valence-electron chi connectivity index (χ0n) is 19.8. The monoisotopic (exact) mass is 481 g/mol. The van der Waals surface area contributed by atoms with Crippen LogP contribution in [-0.2, 0) is 17.4 Å². The fourth-order valence-corrected chi connectivity index (χ4v) is 5.08. The minimum absolute atomic E-state index is 0.102. The number of rotatable bonds is 5. The van der Waals surface area contributed by atoms with Gasteiger partial charge in [0, 0.05) is 18.0 Å². The quantitative estimate of drug-likeness (QED) is 0.341. The number of amides is 3. The maximum absolute atomic E-state index is 13.8. The predicted octanol–water partition coefficient (Wildman–Crippen LogP) is 4.22. The van der Waals surface area contributed by atoms with E-state index in [2.05, 4.69) is 5.32 Å². The maximum Gasteiger partial charge on any atom is 0.325 e. The van der Waals surface area contributed by atoms with Gasteiger partial charge in [0.2, 0.25) is 6.79 Å². The molecule has 6 rings (SSSR count). The lowest BCUT2D eigenvalue weighted by Crippen LogP contribution is -2.41. The third kappa shape index (κ3) is 3.18. The molecular weight excluding hydrogens is 458 g/mol. The third-order valence-electron chi connectivity index (χ3n) is 6.96. The van der Waals surface area contributed by atoms with Crippen molar-refractivity contribution < 1.29 is 23.9 Å². The van der Waals surface area contributed by atoms with Gasteiger partial charge in [-0.3, -0.25) is 14.5 Å². The fraction of sp³-hybridized carbons (Fsp3) is 0.179. The Morgan fingerprint density at radius 2 is 1.69 bits per heavy atom. The molecule has 1 atom stereocenters. The van der Waals surface area contributed by atoms with E-state index in [1.54, 1.807) is 25.1 Å². The molecule has 8 nitrogen and oxygen atoms in total. The van der Waals surface area contributed by atoms with Crippen molar-refractivity contribution in [3.8, 4) is 22.8 Å². The van der Waals surface area contributed by atoms with Gasteiger partial charge in [-0.05, 0) is 36.2 Å². The summed E-state index contributed by atoms with van der Waals surface area (Å²) in [6.07, 6.45) is 0. The van der Waals surface area contributed by atoms with Crippen molar-refractivity contribution in [1.29, 1.82) is 0 Å². The minimum Gasteiger partial charge on any atom is -0.454 e. The summed E-state index contributed by atoms with van der Waals surface area (Å²) in [6.45, 7) is 1.35. The number of benzene rings is 3. The summed E-state index contributed by atoms with van der Waals surface area (Å²) < 4.78 is 12.8. The number of fused-ring (bicyclic) bond motifs is 2. The number of Topliss-reactive ketones (excluding diaryl/α,β-unsaturated/α-hetero) is 1. The summed E-state index contributed by atoms with van der Waals surface area (Å²) >= 11 is 0. The van der Waals surface area contributed by atoms with E-state index in [9.17, 15) is 14.4 Å². The van der Waals surface area contributed by atoms with Gasteiger partial charge in [0.05, 0.1) is 17.8 Å². The SMILES string of the molecule is Cn1c(-c2ccccc2)c(C(=O)CN2C(=O)N[C@](C)(c3ccc4c(c3)OCO4)C2=O)c2ccccc21. The highest BCUT2D eigenvalue weighted by molar-refractivity contribution is 6.17. The highest BCUT2D eigenvalue weighted by Gasteiger charge is 2.50. The molecular formula is C28H23N3O5. The molecule has 1 saturated heterocycles. The second kappa shape index (κ2) is 7.98. The van der Waals surface area contributed by atoms with Crippen LogP contribution >= 0.6 is 0 Å². The van der Waals surface area contributed by atoms with Gasteiger partial charge in [-0.2, -0.15) is 0 Å². The number of carbonyl (C=O) groups is 3. The van der Waals surface area contributed by atoms with Crippen LogP contribution in [0.2, 0.25) is 0 Å². The van der Waals surface area contributed by atoms with Crippen molar-refractivity contribution >= 4 is 28.6 Å². The van der Waals surface area contributed by atoms with E-state index in [1.807, 2.05) is 66.2 Å². The lowest BCUT2D eigenvalue weighted by molar-refractivity contribution is -0.130. The topological polar surface area (TPSA) is 89.9 Å². The van der Waals surface area contributed by atoms with Gasteiger partial charge in [-0.15, -0.1) is 0 Å². The van der Waals surface area contributed by atoms with Gasteiger partial charge in [0.25, 0.3) is 5.91 Å².